The number of carbonyl (C=O) groups is 1. The minimum Gasteiger partial charge on any atom is -0.355 e. The summed E-state index contributed by atoms with van der Waals surface area (Å²) in [7, 11) is 1.86. The van der Waals surface area contributed by atoms with Gasteiger partial charge in [0, 0.05) is 44.5 Å². The Labute approximate surface area is 175 Å². The molecule has 0 saturated carbocycles. The van der Waals surface area contributed by atoms with Crippen LogP contribution in [-0.2, 0) is 11.0 Å². The number of nitrogens with one attached hydrogen (secondary N) is 1. The Kier molecular flexibility index (Phi) is 6.63. The van der Waals surface area contributed by atoms with Crippen LogP contribution in [0.2, 0.25) is 0 Å². The number of hydrogen-bond acceptors (Lipinski definition) is 4. The monoisotopic (exact) mass is 432 g/mol. The van der Waals surface area contributed by atoms with E-state index in [2.05, 4.69) is 10.3 Å². The zero-order valence-electron chi connectivity index (χ0n) is 16.5. The number of rotatable bonds is 3. The maximum atomic E-state index is 13.4. The highest BCUT2D eigenvalue weighted by molar-refractivity contribution is 5.85. The second-order valence-electron chi connectivity index (χ2n) is 8.37. The van der Waals surface area contributed by atoms with Crippen molar-refractivity contribution in [3.05, 3.63) is 23.9 Å². The van der Waals surface area contributed by atoms with E-state index in [-0.39, 0.29) is 36.1 Å². The van der Waals surface area contributed by atoms with Crippen LogP contribution in [-0.4, -0.2) is 54.1 Å². The van der Waals surface area contributed by atoms with Crippen molar-refractivity contribution >= 4 is 24.1 Å². The first-order valence-electron chi connectivity index (χ1n) is 10.1. The summed E-state index contributed by atoms with van der Waals surface area (Å²) in [6.07, 6.45) is 2.60. The standard InChI is InChI=1S/C20H27F3N4O.ClH/c1-26(16-10-14-6-7-15(11-16)25-14)19(28)13-4-3-9-27(12-13)18-17(20(21,22)23)5-2-8-24-18;/h2,5,8,13-16,25H,3-4,6-7,9-12H2,1H3;1H. The number of amides is 1. The van der Waals surface area contributed by atoms with Crippen LogP contribution in [0.3, 0.4) is 0 Å². The average molecular weight is 433 g/mol. The van der Waals surface area contributed by atoms with Gasteiger partial charge in [0.05, 0.1) is 11.5 Å². The van der Waals surface area contributed by atoms with Gasteiger partial charge in [-0.3, -0.25) is 4.79 Å². The highest BCUT2D eigenvalue weighted by atomic mass is 35.5. The van der Waals surface area contributed by atoms with Gasteiger partial charge in [-0.25, -0.2) is 4.98 Å². The highest BCUT2D eigenvalue weighted by Gasteiger charge is 2.40. The molecule has 1 amide bonds. The molecular weight excluding hydrogens is 405 g/mol. The summed E-state index contributed by atoms with van der Waals surface area (Å²) >= 11 is 0. The van der Waals surface area contributed by atoms with E-state index in [0.29, 0.717) is 38.0 Å². The first-order chi connectivity index (χ1) is 13.3. The fraction of sp³-hybridized carbons (Fsp3) is 0.700. The van der Waals surface area contributed by atoms with Crippen molar-refractivity contribution in [1.29, 1.82) is 0 Å². The van der Waals surface area contributed by atoms with Crippen molar-refractivity contribution < 1.29 is 18.0 Å². The molecule has 3 fully saturated rings. The maximum Gasteiger partial charge on any atom is 0.419 e. The Hall–Kier alpha value is -1.54. The quantitative estimate of drug-likeness (QED) is 0.794. The summed E-state index contributed by atoms with van der Waals surface area (Å²) in [6, 6.07) is 3.57. The molecule has 4 rings (SSSR count). The molecule has 3 atom stereocenters. The Morgan fingerprint density at radius 3 is 2.59 bits per heavy atom. The van der Waals surface area contributed by atoms with Gasteiger partial charge >= 0.3 is 6.18 Å². The van der Waals surface area contributed by atoms with E-state index in [1.54, 1.807) is 4.90 Å². The van der Waals surface area contributed by atoms with Crippen molar-refractivity contribution in [2.24, 2.45) is 5.92 Å². The molecule has 4 heterocycles. The largest absolute Gasteiger partial charge is 0.419 e. The molecule has 0 radical (unpaired) electrons. The lowest BCUT2D eigenvalue weighted by molar-refractivity contribution is -0.137. The minimum atomic E-state index is -4.45. The summed E-state index contributed by atoms with van der Waals surface area (Å²) in [5.74, 6) is -0.287. The summed E-state index contributed by atoms with van der Waals surface area (Å²) in [4.78, 5) is 20.6. The van der Waals surface area contributed by atoms with Crippen LogP contribution in [0.25, 0.3) is 0 Å². The smallest absolute Gasteiger partial charge is 0.355 e. The molecule has 1 aromatic heterocycles. The van der Waals surface area contributed by atoms with Crippen molar-refractivity contribution in [3.63, 3.8) is 0 Å². The van der Waals surface area contributed by atoms with Crippen molar-refractivity contribution in [2.45, 2.75) is 62.8 Å². The third kappa shape index (κ3) is 4.63. The normalized spacial score (nSPS) is 29.3. The third-order valence-corrected chi connectivity index (χ3v) is 6.51. The van der Waals surface area contributed by atoms with Gasteiger partial charge in [-0.15, -0.1) is 12.4 Å². The van der Waals surface area contributed by atoms with Crippen LogP contribution >= 0.6 is 12.4 Å². The average Bonchev–Trinajstić information content (AvgIpc) is 3.04. The molecule has 162 valence electrons. The summed E-state index contributed by atoms with van der Waals surface area (Å²) < 4.78 is 40.1. The number of carbonyl (C=O) groups excluding carboxylic acids is 1. The van der Waals surface area contributed by atoms with Crippen LogP contribution in [0.15, 0.2) is 18.3 Å². The molecule has 29 heavy (non-hydrogen) atoms. The molecule has 9 heteroatoms. The SMILES string of the molecule is CN(C(=O)C1CCCN(c2ncccc2C(F)(F)F)C1)C1CC2CCC(C1)N2.Cl. The van der Waals surface area contributed by atoms with Crippen molar-refractivity contribution in [3.8, 4) is 0 Å². The van der Waals surface area contributed by atoms with Crippen LogP contribution < -0.4 is 10.2 Å². The van der Waals surface area contributed by atoms with Gasteiger partial charge in [0.25, 0.3) is 0 Å². The van der Waals surface area contributed by atoms with Crippen LogP contribution in [0.5, 0.6) is 0 Å². The van der Waals surface area contributed by atoms with Crippen LogP contribution in [0.1, 0.15) is 44.1 Å². The van der Waals surface area contributed by atoms with Crippen molar-refractivity contribution in [2.75, 3.05) is 25.0 Å². The predicted octanol–water partition coefficient (Wildman–Crippen LogP) is 3.48. The Bertz CT molecular complexity index is 720. The van der Waals surface area contributed by atoms with E-state index in [1.165, 1.54) is 25.1 Å². The summed E-state index contributed by atoms with van der Waals surface area (Å²) in [6.45, 7) is 0.784. The zero-order valence-corrected chi connectivity index (χ0v) is 17.3. The molecule has 2 bridgehead atoms. The van der Waals surface area contributed by atoms with Gasteiger partial charge < -0.3 is 15.1 Å². The molecule has 3 aliphatic heterocycles. The second kappa shape index (κ2) is 8.68. The fourth-order valence-electron chi connectivity index (χ4n) is 5.05. The van der Waals surface area contributed by atoms with E-state index in [1.807, 2.05) is 11.9 Å². The van der Waals surface area contributed by atoms with Gasteiger partial charge in [0.15, 0.2) is 0 Å². The van der Waals surface area contributed by atoms with Crippen LogP contribution in [0, 0.1) is 5.92 Å². The molecule has 3 unspecified atom stereocenters. The van der Waals surface area contributed by atoms with Crippen LogP contribution in [0.4, 0.5) is 19.0 Å². The predicted molar refractivity (Wildman–Crippen MR) is 107 cm³/mol. The Morgan fingerprint density at radius 2 is 1.93 bits per heavy atom. The molecule has 3 saturated heterocycles. The van der Waals surface area contributed by atoms with E-state index < -0.39 is 11.7 Å². The first-order valence-corrected chi connectivity index (χ1v) is 10.1. The number of alkyl halides is 3. The number of halogens is 4. The Balaban J connectivity index is 0.00000240. The number of fused-ring (bicyclic) bond motifs is 2. The lowest BCUT2D eigenvalue weighted by Crippen LogP contribution is -2.52. The Morgan fingerprint density at radius 1 is 1.24 bits per heavy atom. The van der Waals surface area contributed by atoms with E-state index >= 15 is 0 Å². The molecule has 1 N–H and O–H groups in total. The lowest BCUT2D eigenvalue weighted by Gasteiger charge is -2.40. The second-order valence-corrected chi connectivity index (χ2v) is 8.37. The summed E-state index contributed by atoms with van der Waals surface area (Å²) in [5, 5.41) is 3.58. The lowest BCUT2D eigenvalue weighted by atomic mass is 9.93. The van der Waals surface area contributed by atoms with E-state index in [0.717, 1.165) is 18.9 Å². The number of piperidine rings is 2. The summed E-state index contributed by atoms with van der Waals surface area (Å²) in [5.41, 5.74) is -0.730. The molecule has 5 nitrogen and oxygen atoms in total. The number of nitrogens with zero attached hydrogens (tertiary/aromatic N) is 3. The number of hydrogen-bond donors (Lipinski definition) is 1. The van der Waals surface area contributed by atoms with Gasteiger partial charge in [-0.2, -0.15) is 13.2 Å². The van der Waals surface area contributed by atoms with Gasteiger partial charge in [0.2, 0.25) is 5.91 Å². The molecule has 3 aliphatic rings. The molecule has 1 aromatic rings. The van der Waals surface area contributed by atoms with Gasteiger partial charge in [-0.05, 0) is 50.7 Å². The number of anilines is 1. The first kappa shape index (κ1) is 22.2. The zero-order chi connectivity index (χ0) is 19.9. The molecule has 0 aromatic carbocycles. The van der Waals surface area contributed by atoms with Gasteiger partial charge in [-0.1, -0.05) is 0 Å². The molecule has 0 spiro atoms. The molecular formula is C20H28ClF3N4O. The van der Waals surface area contributed by atoms with E-state index in [4.69, 9.17) is 0 Å². The minimum absolute atomic E-state index is 0. The topological polar surface area (TPSA) is 48.5 Å². The van der Waals surface area contributed by atoms with Gasteiger partial charge in [0.1, 0.15) is 5.82 Å². The number of pyridine rings is 1. The third-order valence-electron chi connectivity index (χ3n) is 6.51. The number of aromatic nitrogens is 1. The highest BCUT2D eigenvalue weighted by Crippen LogP contribution is 2.37. The van der Waals surface area contributed by atoms with Crippen molar-refractivity contribution in [1.82, 2.24) is 15.2 Å². The molecule has 0 aliphatic carbocycles. The maximum absolute atomic E-state index is 13.4. The van der Waals surface area contributed by atoms with E-state index in [9.17, 15) is 18.0 Å². The fourth-order valence-corrected chi connectivity index (χ4v) is 5.05.